The Hall–Kier alpha value is -0.870. The molecule has 0 spiro atoms. The molecule has 0 aliphatic carbocycles. The molecule has 0 saturated heterocycles. The van der Waals surface area contributed by atoms with Crippen LogP contribution in [0.25, 0.3) is 0 Å². The largest absolute Gasteiger partial charge is 0.316 e. The molecule has 0 fully saturated rings. The third kappa shape index (κ3) is 2.79. The Labute approximate surface area is 91.4 Å². The van der Waals surface area contributed by atoms with Gasteiger partial charge in [0.05, 0.1) is 10.1 Å². The SMILES string of the molecule is CNCc1ccc(S(=O)(=O)C(C)C)cc1. The zero-order valence-corrected chi connectivity index (χ0v) is 10.1. The average molecular weight is 227 g/mol. The lowest BCUT2D eigenvalue weighted by molar-refractivity contribution is 0.587. The third-order valence-electron chi connectivity index (χ3n) is 2.25. The number of nitrogens with one attached hydrogen (secondary N) is 1. The van der Waals surface area contributed by atoms with Gasteiger partial charge in [-0.05, 0) is 38.6 Å². The summed E-state index contributed by atoms with van der Waals surface area (Å²) in [7, 11) is -1.27. The van der Waals surface area contributed by atoms with Crippen LogP contribution in [0, 0.1) is 0 Å². The quantitative estimate of drug-likeness (QED) is 0.849. The molecule has 3 nitrogen and oxygen atoms in total. The summed E-state index contributed by atoms with van der Waals surface area (Å²) in [5, 5.41) is 2.65. The van der Waals surface area contributed by atoms with Crippen LogP contribution in [0.5, 0.6) is 0 Å². The van der Waals surface area contributed by atoms with E-state index < -0.39 is 9.84 Å². The number of hydrogen-bond acceptors (Lipinski definition) is 3. The van der Waals surface area contributed by atoms with E-state index >= 15 is 0 Å². The fraction of sp³-hybridized carbons (Fsp3) is 0.455. The van der Waals surface area contributed by atoms with Crippen molar-refractivity contribution in [1.82, 2.24) is 5.32 Å². The second-order valence-electron chi connectivity index (χ2n) is 3.77. The fourth-order valence-corrected chi connectivity index (χ4v) is 2.33. The van der Waals surface area contributed by atoms with Gasteiger partial charge in [-0.2, -0.15) is 0 Å². The molecule has 15 heavy (non-hydrogen) atoms. The molecule has 0 amide bonds. The molecule has 1 aromatic carbocycles. The van der Waals surface area contributed by atoms with E-state index in [9.17, 15) is 8.42 Å². The van der Waals surface area contributed by atoms with Crippen molar-refractivity contribution in [1.29, 1.82) is 0 Å². The van der Waals surface area contributed by atoms with E-state index in [-0.39, 0.29) is 5.25 Å². The van der Waals surface area contributed by atoms with Gasteiger partial charge in [0, 0.05) is 6.54 Å². The van der Waals surface area contributed by atoms with E-state index in [4.69, 9.17) is 0 Å². The van der Waals surface area contributed by atoms with Crippen LogP contribution in [-0.2, 0) is 16.4 Å². The van der Waals surface area contributed by atoms with Crippen molar-refractivity contribution in [2.24, 2.45) is 0 Å². The number of sulfone groups is 1. The molecule has 0 aliphatic heterocycles. The molecule has 1 aromatic rings. The van der Waals surface area contributed by atoms with E-state index in [0.717, 1.165) is 12.1 Å². The molecule has 0 aliphatic rings. The zero-order valence-electron chi connectivity index (χ0n) is 9.32. The second-order valence-corrected chi connectivity index (χ2v) is 6.27. The molecule has 0 aromatic heterocycles. The molecular weight excluding hydrogens is 210 g/mol. The highest BCUT2D eigenvalue weighted by molar-refractivity contribution is 7.92. The van der Waals surface area contributed by atoms with Crippen LogP contribution in [0.15, 0.2) is 29.2 Å². The standard InChI is InChI=1S/C11H17NO2S/c1-9(2)15(13,14)11-6-4-10(5-7-11)8-12-3/h4-7,9,12H,8H2,1-3H3. The summed E-state index contributed by atoms with van der Waals surface area (Å²) in [6, 6.07) is 7.02. The van der Waals surface area contributed by atoms with Gasteiger partial charge in [0.1, 0.15) is 0 Å². The molecule has 0 saturated carbocycles. The van der Waals surface area contributed by atoms with Crippen molar-refractivity contribution in [3.05, 3.63) is 29.8 Å². The normalized spacial score (nSPS) is 12.0. The van der Waals surface area contributed by atoms with Crippen LogP contribution in [0.3, 0.4) is 0 Å². The Morgan fingerprint density at radius 2 is 1.73 bits per heavy atom. The Morgan fingerprint density at radius 3 is 2.13 bits per heavy atom. The maximum absolute atomic E-state index is 11.8. The topological polar surface area (TPSA) is 46.2 Å². The molecule has 84 valence electrons. The lowest BCUT2D eigenvalue weighted by Gasteiger charge is -2.08. The van der Waals surface area contributed by atoms with E-state index in [2.05, 4.69) is 5.32 Å². The first-order valence-electron chi connectivity index (χ1n) is 4.96. The molecule has 0 heterocycles. The lowest BCUT2D eigenvalue weighted by Crippen LogP contribution is -2.14. The Morgan fingerprint density at radius 1 is 1.20 bits per heavy atom. The van der Waals surface area contributed by atoms with Gasteiger partial charge in [-0.3, -0.25) is 0 Å². The lowest BCUT2D eigenvalue weighted by atomic mass is 10.2. The van der Waals surface area contributed by atoms with Crippen molar-refractivity contribution in [2.75, 3.05) is 7.05 Å². The predicted molar refractivity (Wildman–Crippen MR) is 61.5 cm³/mol. The van der Waals surface area contributed by atoms with Crippen molar-refractivity contribution >= 4 is 9.84 Å². The number of rotatable bonds is 4. The second kappa shape index (κ2) is 4.77. The highest BCUT2D eigenvalue weighted by atomic mass is 32.2. The first kappa shape index (κ1) is 12.2. The van der Waals surface area contributed by atoms with Gasteiger partial charge in [-0.15, -0.1) is 0 Å². The van der Waals surface area contributed by atoms with Crippen molar-refractivity contribution < 1.29 is 8.42 Å². The van der Waals surface area contributed by atoms with Gasteiger partial charge in [-0.25, -0.2) is 8.42 Å². The summed E-state index contributed by atoms with van der Waals surface area (Å²) < 4.78 is 23.6. The molecular formula is C11H17NO2S. The Kier molecular flexibility index (Phi) is 3.88. The first-order chi connectivity index (χ1) is 6.98. The highest BCUT2D eigenvalue weighted by Gasteiger charge is 2.18. The summed E-state index contributed by atoms with van der Waals surface area (Å²) in [5.41, 5.74) is 1.08. The van der Waals surface area contributed by atoms with Crippen LogP contribution < -0.4 is 5.32 Å². The summed E-state index contributed by atoms with van der Waals surface area (Å²) in [6.07, 6.45) is 0. The van der Waals surface area contributed by atoms with E-state index in [0.29, 0.717) is 4.90 Å². The van der Waals surface area contributed by atoms with E-state index in [1.54, 1.807) is 26.0 Å². The smallest absolute Gasteiger partial charge is 0.180 e. The summed E-state index contributed by atoms with van der Waals surface area (Å²) in [5.74, 6) is 0. The average Bonchev–Trinajstić information content (AvgIpc) is 2.19. The molecule has 1 N–H and O–H groups in total. The van der Waals surface area contributed by atoms with Crippen LogP contribution in [0.4, 0.5) is 0 Å². The predicted octanol–water partition coefficient (Wildman–Crippen LogP) is 1.59. The molecule has 0 bridgehead atoms. The summed E-state index contributed by atoms with van der Waals surface area (Å²) in [6.45, 7) is 4.13. The van der Waals surface area contributed by atoms with Crippen molar-refractivity contribution in [3.8, 4) is 0 Å². The van der Waals surface area contributed by atoms with E-state index in [1.807, 2.05) is 19.2 Å². The fourth-order valence-electron chi connectivity index (χ4n) is 1.27. The maximum Gasteiger partial charge on any atom is 0.180 e. The minimum atomic E-state index is -3.13. The van der Waals surface area contributed by atoms with E-state index in [1.165, 1.54) is 0 Å². The first-order valence-corrected chi connectivity index (χ1v) is 6.50. The van der Waals surface area contributed by atoms with Gasteiger partial charge < -0.3 is 5.32 Å². The Balaban J connectivity index is 2.99. The van der Waals surface area contributed by atoms with Crippen LogP contribution in [0.1, 0.15) is 19.4 Å². The van der Waals surface area contributed by atoms with Crippen LogP contribution in [-0.4, -0.2) is 20.7 Å². The molecule has 0 radical (unpaired) electrons. The van der Waals surface area contributed by atoms with Gasteiger partial charge in [0.25, 0.3) is 0 Å². The minimum absolute atomic E-state index is 0.368. The van der Waals surface area contributed by atoms with Crippen molar-refractivity contribution in [3.63, 3.8) is 0 Å². The number of hydrogen-bond donors (Lipinski definition) is 1. The van der Waals surface area contributed by atoms with Gasteiger partial charge >= 0.3 is 0 Å². The van der Waals surface area contributed by atoms with Crippen molar-refractivity contribution in [2.45, 2.75) is 30.5 Å². The molecule has 4 heteroatoms. The van der Waals surface area contributed by atoms with Gasteiger partial charge in [0.15, 0.2) is 9.84 Å². The molecule has 0 unspecified atom stereocenters. The molecule has 1 rings (SSSR count). The minimum Gasteiger partial charge on any atom is -0.316 e. The van der Waals surface area contributed by atoms with Crippen LogP contribution in [0.2, 0.25) is 0 Å². The third-order valence-corrected chi connectivity index (χ3v) is 4.42. The van der Waals surface area contributed by atoms with Gasteiger partial charge in [-0.1, -0.05) is 12.1 Å². The molecule has 0 atom stereocenters. The van der Waals surface area contributed by atoms with Gasteiger partial charge in [0.2, 0.25) is 0 Å². The highest BCUT2D eigenvalue weighted by Crippen LogP contribution is 2.16. The summed E-state index contributed by atoms with van der Waals surface area (Å²) in [4.78, 5) is 0.400. The Bertz CT molecular complexity index is 407. The van der Waals surface area contributed by atoms with Crippen LogP contribution >= 0.6 is 0 Å². The zero-order chi connectivity index (χ0) is 11.5. The summed E-state index contributed by atoms with van der Waals surface area (Å²) >= 11 is 0. The maximum atomic E-state index is 11.8. The monoisotopic (exact) mass is 227 g/mol. The number of benzene rings is 1.